The highest BCUT2D eigenvalue weighted by Crippen LogP contribution is 2.10. The molecule has 7 heteroatoms. The summed E-state index contributed by atoms with van der Waals surface area (Å²) in [5.74, 6) is 0.0786. The summed E-state index contributed by atoms with van der Waals surface area (Å²) in [6.07, 6.45) is 0.919. The molecule has 0 aliphatic rings. The van der Waals surface area contributed by atoms with Crippen molar-refractivity contribution in [1.82, 2.24) is 10.6 Å². The van der Waals surface area contributed by atoms with E-state index in [2.05, 4.69) is 27.9 Å². The Hall–Kier alpha value is -2.16. The monoisotopic (exact) mass is 470 g/mol. The van der Waals surface area contributed by atoms with Crippen molar-refractivity contribution in [2.45, 2.75) is 19.9 Å². The first-order valence-electron chi connectivity index (χ1n) is 8.18. The van der Waals surface area contributed by atoms with Crippen molar-refractivity contribution < 1.29 is 9.18 Å². The molecule has 0 fully saturated rings. The smallest absolute Gasteiger partial charge is 0.243 e. The van der Waals surface area contributed by atoms with Crippen molar-refractivity contribution in [2.75, 3.05) is 18.9 Å². The Labute approximate surface area is 170 Å². The minimum atomic E-state index is -0.268. The highest BCUT2D eigenvalue weighted by atomic mass is 127. The van der Waals surface area contributed by atoms with E-state index in [0.717, 1.165) is 17.7 Å². The molecule has 26 heavy (non-hydrogen) atoms. The van der Waals surface area contributed by atoms with E-state index in [4.69, 9.17) is 0 Å². The van der Waals surface area contributed by atoms with Crippen LogP contribution < -0.4 is 16.0 Å². The van der Waals surface area contributed by atoms with Crippen LogP contribution in [-0.2, 0) is 17.8 Å². The molecule has 2 rings (SSSR count). The molecule has 0 spiro atoms. The maximum atomic E-state index is 12.9. The lowest BCUT2D eigenvalue weighted by Gasteiger charge is -2.12. The summed E-state index contributed by atoms with van der Waals surface area (Å²) in [7, 11) is 1.63. The lowest BCUT2D eigenvalue weighted by Crippen LogP contribution is -2.41. The van der Waals surface area contributed by atoms with Gasteiger partial charge in [0.05, 0.1) is 6.54 Å². The van der Waals surface area contributed by atoms with Crippen LogP contribution in [0.15, 0.2) is 53.5 Å². The van der Waals surface area contributed by atoms with Crippen molar-refractivity contribution >= 4 is 41.5 Å². The van der Waals surface area contributed by atoms with Gasteiger partial charge in [-0.1, -0.05) is 31.2 Å². The zero-order valence-electron chi connectivity index (χ0n) is 14.9. The normalized spacial score (nSPS) is 10.7. The maximum Gasteiger partial charge on any atom is 0.243 e. The minimum Gasteiger partial charge on any atom is -0.352 e. The number of anilines is 1. The van der Waals surface area contributed by atoms with Gasteiger partial charge in [-0.2, -0.15) is 0 Å². The van der Waals surface area contributed by atoms with Gasteiger partial charge in [-0.25, -0.2) is 4.39 Å². The Balaban J connectivity index is 0.00000338. The molecule has 0 unspecified atom stereocenters. The summed E-state index contributed by atoms with van der Waals surface area (Å²) >= 11 is 0. The summed E-state index contributed by atoms with van der Waals surface area (Å²) in [6, 6.07) is 14.0. The van der Waals surface area contributed by atoms with Gasteiger partial charge in [-0.15, -0.1) is 24.0 Å². The van der Waals surface area contributed by atoms with Gasteiger partial charge in [0.1, 0.15) is 5.82 Å². The summed E-state index contributed by atoms with van der Waals surface area (Å²) in [6.45, 7) is 2.65. The fraction of sp³-hybridized carbons (Fsp3) is 0.263. The first kappa shape index (κ1) is 21.9. The summed E-state index contributed by atoms with van der Waals surface area (Å²) in [5, 5.41) is 8.88. The SMILES string of the molecule is CCc1cccc(NC(=O)CNC(=NC)NCc2ccc(F)cc2)c1.I. The molecule has 2 aromatic carbocycles. The zero-order chi connectivity index (χ0) is 18.1. The predicted molar refractivity (Wildman–Crippen MR) is 114 cm³/mol. The quantitative estimate of drug-likeness (QED) is 0.345. The molecule has 2 aromatic rings. The number of aliphatic imine (C=N–C) groups is 1. The molecule has 0 radical (unpaired) electrons. The molecule has 0 aliphatic carbocycles. The molecule has 0 aliphatic heterocycles. The van der Waals surface area contributed by atoms with Gasteiger partial charge < -0.3 is 16.0 Å². The molecular formula is C19H24FIN4O. The fourth-order valence-corrected chi connectivity index (χ4v) is 2.25. The van der Waals surface area contributed by atoms with Gasteiger partial charge in [0.25, 0.3) is 0 Å². The van der Waals surface area contributed by atoms with Crippen LogP contribution in [0.4, 0.5) is 10.1 Å². The van der Waals surface area contributed by atoms with Crippen LogP contribution in [0.5, 0.6) is 0 Å². The van der Waals surface area contributed by atoms with Crippen LogP contribution in [0.3, 0.4) is 0 Å². The Kier molecular flexibility index (Phi) is 9.64. The van der Waals surface area contributed by atoms with E-state index >= 15 is 0 Å². The molecule has 0 heterocycles. The summed E-state index contributed by atoms with van der Waals surface area (Å²) in [4.78, 5) is 16.1. The number of benzene rings is 2. The number of rotatable bonds is 6. The number of carbonyl (C=O) groups excluding carboxylic acids is 1. The van der Waals surface area contributed by atoms with Crippen LogP contribution in [0, 0.1) is 5.82 Å². The fourth-order valence-electron chi connectivity index (χ4n) is 2.25. The van der Waals surface area contributed by atoms with Gasteiger partial charge in [0.15, 0.2) is 5.96 Å². The van der Waals surface area contributed by atoms with E-state index in [1.165, 1.54) is 17.7 Å². The Morgan fingerprint density at radius 2 is 1.81 bits per heavy atom. The molecule has 0 bridgehead atoms. The van der Waals surface area contributed by atoms with Crippen LogP contribution in [0.25, 0.3) is 0 Å². The third kappa shape index (κ3) is 7.38. The first-order chi connectivity index (χ1) is 12.1. The van der Waals surface area contributed by atoms with Crippen molar-refractivity contribution in [2.24, 2.45) is 4.99 Å². The van der Waals surface area contributed by atoms with E-state index in [1.54, 1.807) is 19.2 Å². The van der Waals surface area contributed by atoms with Crippen LogP contribution in [-0.4, -0.2) is 25.5 Å². The predicted octanol–water partition coefficient (Wildman–Crippen LogP) is 3.31. The first-order valence-corrected chi connectivity index (χ1v) is 8.18. The average molecular weight is 470 g/mol. The number of carbonyl (C=O) groups is 1. The van der Waals surface area contributed by atoms with Crippen molar-refractivity contribution in [1.29, 1.82) is 0 Å². The third-order valence-corrected chi connectivity index (χ3v) is 3.63. The molecule has 1 amide bonds. The second-order valence-electron chi connectivity index (χ2n) is 5.51. The molecule has 3 N–H and O–H groups in total. The second-order valence-corrected chi connectivity index (χ2v) is 5.51. The second kappa shape index (κ2) is 11.5. The summed E-state index contributed by atoms with van der Waals surface area (Å²) in [5.41, 5.74) is 2.87. The Morgan fingerprint density at radius 1 is 1.08 bits per heavy atom. The van der Waals surface area contributed by atoms with Crippen LogP contribution >= 0.6 is 24.0 Å². The molecule has 0 atom stereocenters. The highest BCUT2D eigenvalue weighted by Gasteiger charge is 2.05. The zero-order valence-corrected chi connectivity index (χ0v) is 17.2. The van der Waals surface area contributed by atoms with Gasteiger partial charge in [0.2, 0.25) is 5.91 Å². The van der Waals surface area contributed by atoms with Crippen LogP contribution in [0.1, 0.15) is 18.1 Å². The maximum absolute atomic E-state index is 12.9. The van der Waals surface area contributed by atoms with Gasteiger partial charge in [-0.05, 0) is 41.8 Å². The average Bonchev–Trinajstić information content (AvgIpc) is 2.63. The molecule has 5 nitrogen and oxygen atoms in total. The highest BCUT2D eigenvalue weighted by molar-refractivity contribution is 14.0. The largest absolute Gasteiger partial charge is 0.352 e. The molecule has 0 aromatic heterocycles. The van der Waals surface area contributed by atoms with E-state index in [-0.39, 0.29) is 42.2 Å². The lowest BCUT2D eigenvalue weighted by molar-refractivity contribution is -0.115. The minimum absolute atomic E-state index is 0. The standard InChI is InChI=1S/C19H23FN4O.HI/c1-3-14-5-4-6-17(11-14)24-18(25)13-23-19(21-2)22-12-15-7-9-16(20)10-8-15;/h4-11H,3,12-13H2,1-2H3,(H,24,25)(H2,21,22,23);1H. The van der Waals surface area contributed by atoms with Crippen molar-refractivity contribution in [3.05, 3.63) is 65.5 Å². The number of halogens is 2. The number of hydrogen-bond acceptors (Lipinski definition) is 2. The number of nitrogens with zero attached hydrogens (tertiary/aromatic N) is 1. The van der Waals surface area contributed by atoms with E-state index in [0.29, 0.717) is 12.5 Å². The van der Waals surface area contributed by atoms with Gasteiger partial charge in [0, 0.05) is 19.3 Å². The number of guanidine groups is 1. The number of nitrogens with one attached hydrogen (secondary N) is 3. The number of hydrogen-bond donors (Lipinski definition) is 3. The molecule has 0 saturated carbocycles. The number of amides is 1. The third-order valence-electron chi connectivity index (χ3n) is 3.63. The number of aryl methyl sites for hydroxylation is 1. The van der Waals surface area contributed by atoms with Crippen molar-refractivity contribution in [3.8, 4) is 0 Å². The Bertz CT molecular complexity index is 735. The molecule has 140 valence electrons. The molecular weight excluding hydrogens is 446 g/mol. The van der Waals surface area contributed by atoms with E-state index in [9.17, 15) is 9.18 Å². The van der Waals surface area contributed by atoms with Crippen LogP contribution in [0.2, 0.25) is 0 Å². The molecule has 0 saturated heterocycles. The topological polar surface area (TPSA) is 65.5 Å². The van der Waals surface area contributed by atoms with E-state index in [1.807, 2.05) is 24.3 Å². The van der Waals surface area contributed by atoms with E-state index < -0.39 is 0 Å². The Morgan fingerprint density at radius 3 is 2.46 bits per heavy atom. The summed E-state index contributed by atoms with van der Waals surface area (Å²) < 4.78 is 12.9. The van der Waals surface area contributed by atoms with Crippen molar-refractivity contribution in [3.63, 3.8) is 0 Å². The lowest BCUT2D eigenvalue weighted by atomic mass is 10.1. The van der Waals surface area contributed by atoms with Gasteiger partial charge >= 0.3 is 0 Å². The van der Waals surface area contributed by atoms with Gasteiger partial charge in [-0.3, -0.25) is 9.79 Å².